The van der Waals surface area contributed by atoms with Crippen LogP contribution in [0.15, 0.2) is 35.5 Å². The van der Waals surface area contributed by atoms with Crippen molar-refractivity contribution in [3.63, 3.8) is 0 Å². The summed E-state index contributed by atoms with van der Waals surface area (Å²) < 4.78 is 31.9. The number of benzene rings is 1. The number of aromatic nitrogens is 4. The Morgan fingerprint density at radius 3 is 2.39 bits per heavy atom. The maximum absolute atomic E-state index is 12.9. The van der Waals surface area contributed by atoms with Crippen molar-refractivity contribution in [1.82, 2.24) is 24.8 Å². The molecule has 2 aromatic heterocycles. The molecule has 0 spiro atoms. The molecule has 0 amide bonds. The zero-order chi connectivity index (χ0) is 26.8. The predicted octanol–water partition coefficient (Wildman–Crippen LogP) is 2.90. The van der Waals surface area contributed by atoms with Crippen molar-refractivity contribution in [2.45, 2.75) is 49.8 Å². The van der Waals surface area contributed by atoms with E-state index in [-0.39, 0.29) is 23.9 Å². The first-order valence-corrected chi connectivity index (χ1v) is 15.0. The molecule has 1 fully saturated rings. The first-order valence-electron chi connectivity index (χ1n) is 13.4. The number of nitrogens with one attached hydrogen (secondary N) is 2. The van der Waals surface area contributed by atoms with Gasteiger partial charge in [0.25, 0.3) is 0 Å². The van der Waals surface area contributed by atoms with Gasteiger partial charge in [0.1, 0.15) is 5.52 Å². The number of hydrogen-bond acceptors (Lipinski definition) is 10. The lowest BCUT2D eigenvalue weighted by molar-refractivity contribution is 0.205. The van der Waals surface area contributed by atoms with Gasteiger partial charge in [-0.2, -0.15) is 9.97 Å². The fourth-order valence-electron chi connectivity index (χ4n) is 4.68. The van der Waals surface area contributed by atoms with Gasteiger partial charge in [0.05, 0.1) is 23.6 Å². The Bertz CT molecular complexity index is 1240. The van der Waals surface area contributed by atoms with Gasteiger partial charge in [-0.3, -0.25) is 0 Å². The molecule has 2 heterocycles. The Hall–Kier alpha value is -2.80. The zero-order valence-electron chi connectivity index (χ0n) is 21.7. The number of aromatic amines is 1. The number of hydrogen-bond donors (Lipinski definition) is 4. The Labute approximate surface area is 223 Å². The number of aliphatic hydroxyl groups excluding tert-OH is 2. The summed E-state index contributed by atoms with van der Waals surface area (Å²) in [5, 5.41) is 21.3. The van der Waals surface area contributed by atoms with E-state index in [4.69, 9.17) is 14.9 Å². The summed E-state index contributed by atoms with van der Waals surface area (Å²) in [5.41, 5.74) is 1.79. The molecule has 1 aromatic carbocycles. The molecule has 4 rings (SSSR count). The average molecular weight is 547 g/mol. The second kappa shape index (κ2) is 13.8. The summed E-state index contributed by atoms with van der Waals surface area (Å²) in [4.78, 5) is 18.5. The van der Waals surface area contributed by atoms with Gasteiger partial charge in [-0.1, -0.05) is 19.3 Å². The van der Waals surface area contributed by atoms with Gasteiger partial charge in [0.2, 0.25) is 11.8 Å². The number of imidazole rings is 1. The van der Waals surface area contributed by atoms with E-state index in [1.807, 2.05) is 4.90 Å². The van der Waals surface area contributed by atoms with E-state index >= 15 is 0 Å². The summed E-state index contributed by atoms with van der Waals surface area (Å²) in [5.74, 6) is 1.25. The van der Waals surface area contributed by atoms with Crippen molar-refractivity contribution in [1.29, 1.82) is 0 Å². The lowest BCUT2D eigenvalue weighted by Gasteiger charge is -2.21. The molecule has 11 nitrogen and oxygen atoms in total. The van der Waals surface area contributed by atoms with Crippen molar-refractivity contribution < 1.29 is 23.4 Å². The standard InChI is InChI=1S/C26H38N6O5S/c33-15-4-12-32(13-5-16-34)14-17-38(35,36)22-10-8-21(9-11-22)29-26-30-24-23(27-19-28-24)25(31-26)37-18-20-6-2-1-3-7-20/h8-11,19-20,33-34H,1-7,12-18H2,(H2,27,28,29,30,31). The molecule has 0 radical (unpaired) electrons. The molecule has 12 heteroatoms. The van der Waals surface area contributed by atoms with Gasteiger partial charge >= 0.3 is 0 Å². The van der Waals surface area contributed by atoms with Gasteiger partial charge in [-0.15, -0.1) is 0 Å². The fraction of sp³-hybridized carbons (Fsp3) is 0.577. The number of fused-ring (bicyclic) bond motifs is 1. The van der Waals surface area contributed by atoms with Crippen LogP contribution in [0, 0.1) is 5.92 Å². The average Bonchev–Trinajstić information content (AvgIpc) is 3.41. The van der Waals surface area contributed by atoms with Gasteiger partial charge in [0.15, 0.2) is 15.5 Å². The van der Waals surface area contributed by atoms with E-state index in [1.54, 1.807) is 30.6 Å². The minimum Gasteiger partial charge on any atom is -0.476 e. The van der Waals surface area contributed by atoms with Crippen LogP contribution in [0.25, 0.3) is 11.2 Å². The van der Waals surface area contributed by atoms with E-state index in [0.717, 1.165) is 0 Å². The molecule has 0 aliphatic heterocycles. The second-order valence-corrected chi connectivity index (χ2v) is 11.8. The lowest BCUT2D eigenvalue weighted by atomic mass is 9.90. The van der Waals surface area contributed by atoms with E-state index in [9.17, 15) is 8.42 Å². The van der Waals surface area contributed by atoms with E-state index in [0.29, 0.717) is 73.7 Å². The number of nitrogens with zero attached hydrogens (tertiary/aromatic N) is 4. The van der Waals surface area contributed by atoms with Gasteiger partial charge in [-0.05, 0) is 55.9 Å². The van der Waals surface area contributed by atoms with Crippen molar-refractivity contribution in [2.75, 3.05) is 50.5 Å². The third-order valence-corrected chi connectivity index (χ3v) is 8.55. The summed E-state index contributed by atoms with van der Waals surface area (Å²) >= 11 is 0. The largest absolute Gasteiger partial charge is 0.476 e. The van der Waals surface area contributed by atoms with Crippen LogP contribution >= 0.6 is 0 Å². The first-order chi connectivity index (χ1) is 18.5. The highest BCUT2D eigenvalue weighted by molar-refractivity contribution is 7.91. The molecule has 3 aromatic rings. The van der Waals surface area contributed by atoms with Crippen LogP contribution in [0.5, 0.6) is 5.88 Å². The monoisotopic (exact) mass is 546 g/mol. The highest BCUT2D eigenvalue weighted by atomic mass is 32.2. The Kier molecular flexibility index (Phi) is 10.3. The van der Waals surface area contributed by atoms with Crippen molar-refractivity contribution >= 4 is 32.6 Å². The van der Waals surface area contributed by atoms with Crippen LogP contribution in [0.1, 0.15) is 44.9 Å². The SMILES string of the molecule is O=S(=O)(CCN(CCCO)CCCO)c1ccc(Nc2nc(OCC3CCCCC3)c3[nH]cnc3n2)cc1. The van der Waals surface area contributed by atoms with Crippen molar-refractivity contribution in [3.8, 4) is 5.88 Å². The highest BCUT2D eigenvalue weighted by Gasteiger charge is 2.19. The fourth-order valence-corrected chi connectivity index (χ4v) is 5.97. The van der Waals surface area contributed by atoms with E-state index in [1.165, 1.54) is 32.1 Å². The molecule has 0 bridgehead atoms. The van der Waals surface area contributed by atoms with E-state index in [2.05, 4.69) is 25.3 Å². The minimum atomic E-state index is -3.50. The third kappa shape index (κ3) is 7.85. The van der Waals surface area contributed by atoms with Crippen LogP contribution in [0.3, 0.4) is 0 Å². The maximum atomic E-state index is 12.9. The predicted molar refractivity (Wildman–Crippen MR) is 145 cm³/mol. The number of aliphatic hydroxyl groups is 2. The van der Waals surface area contributed by atoms with Crippen LogP contribution in [0.4, 0.5) is 11.6 Å². The molecule has 38 heavy (non-hydrogen) atoms. The number of anilines is 2. The molecular formula is C26H38N6O5S. The first kappa shape index (κ1) is 28.2. The van der Waals surface area contributed by atoms with Gasteiger partial charge < -0.3 is 30.2 Å². The normalized spacial score (nSPS) is 14.8. The van der Waals surface area contributed by atoms with Gasteiger partial charge in [-0.25, -0.2) is 13.4 Å². The second-order valence-electron chi connectivity index (χ2n) is 9.73. The quantitative estimate of drug-likeness (QED) is 0.224. The smallest absolute Gasteiger partial charge is 0.245 e. The van der Waals surface area contributed by atoms with Crippen LogP contribution in [-0.4, -0.2) is 88.7 Å². The molecule has 1 aliphatic rings. The summed E-state index contributed by atoms with van der Waals surface area (Å²) in [6, 6.07) is 6.50. The number of rotatable bonds is 15. The maximum Gasteiger partial charge on any atom is 0.245 e. The molecule has 1 aliphatic carbocycles. The molecule has 0 atom stereocenters. The number of sulfone groups is 1. The summed E-state index contributed by atoms with van der Waals surface area (Å²) in [6.07, 6.45) is 8.78. The number of H-pyrrole nitrogens is 1. The van der Waals surface area contributed by atoms with Gasteiger partial charge in [0, 0.05) is 38.5 Å². The minimum absolute atomic E-state index is 0.0434. The molecule has 1 saturated carbocycles. The van der Waals surface area contributed by atoms with Crippen LogP contribution < -0.4 is 10.1 Å². The molecule has 0 saturated heterocycles. The Morgan fingerprint density at radius 2 is 1.71 bits per heavy atom. The Balaban J connectivity index is 1.39. The molecule has 0 unspecified atom stereocenters. The molecule has 4 N–H and O–H groups in total. The molecular weight excluding hydrogens is 508 g/mol. The summed E-state index contributed by atoms with van der Waals surface area (Å²) in [6.45, 7) is 2.20. The third-order valence-electron chi connectivity index (χ3n) is 6.84. The lowest BCUT2D eigenvalue weighted by Crippen LogP contribution is -2.32. The molecule has 208 valence electrons. The Morgan fingerprint density at radius 1 is 1.00 bits per heavy atom. The summed E-state index contributed by atoms with van der Waals surface area (Å²) in [7, 11) is -3.50. The highest BCUT2D eigenvalue weighted by Crippen LogP contribution is 2.27. The number of ether oxygens (including phenoxy) is 1. The zero-order valence-corrected chi connectivity index (χ0v) is 22.5. The topological polar surface area (TPSA) is 154 Å². The van der Waals surface area contributed by atoms with Crippen LogP contribution in [-0.2, 0) is 9.84 Å². The van der Waals surface area contributed by atoms with E-state index < -0.39 is 9.84 Å². The van der Waals surface area contributed by atoms with Crippen LogP contribution in [0.2, 0.25) is 0 Å². The van der Waals surface area contributed by atoms with Crippen molar-refractivity contribution in [3.05, 3.63) is 30.6 Å². The van der Waals surface area contributed by atoms with Crippen molar-refractivity contribution in [2.24, 2.45) is 5.92 Å².